The molecule has 8 aromatic carbocycles. The van der Waals surface area contributed by atoms with Gasteiger partial charge in [-0.1, -0.05) is 172 Å². The highest BCUT2D eigenvalue weighted by atomic mass is 15.1. The van der Waals surface area contributed by atoms with Crippen molar-refractivity contribution in [3.63, 3.8) is 0 Å². The molecule has 4 saturated carbocycles. The van der Waals surface area contributed by atoms with Gasteiger partial charge in [-0.15, -0.1) is 0 Å². The van der Waals surface area contributed by atoms with Crippen LogP contribution in [0.5, 0.6) is 0 Å². The third-order valence-corrected chi connectivity index (χ3v) is 17.0. The number of para-hydroxylation sites is 1. The van der Waals surface area contributed by atoms with E-state index in [0.717, 1.165) is 17.8 Å². The van der Waals surface area contributed by atoms with E-state index in [-0.39, 0.29) is 5.41 Å². The highest BCUT2D eigenvalue weighted by Crippen LogP contribution is 2.65. The van der Waals surface area contributed by atoms with E-state index in [1.54, 1.807) is 5.56 Å². The van der Waals surface area contributed by atoms with Gasteiger partial charge in [-0.3, -0.25) is 0 Å². The lowest BCUT2D eigenvalue weighted by atomic mass is 9.48. The lowest BCUT2D eigenvalue weighted by Crippen LogP contribution is -2.48. The first-order valence-corrected chi connectivity index (χ1v) is 23.6. The molecule has 0 unspecified atom stereocenters. The average Bonchev–Trinajstić information content (AvgIpc) is 3.88. The molecule has 0 heterocycles. The van der Waals surface area contributed by atoms with Crippen molar-refractivity contribution in [1.29, 1.82) is 0 Å². The van der Waals surface area contributed by atoms with E-state index >= 15 is 0 Å². The van der Waals surface area contributed by atoms with E-state index in [1.165, 1.54) is 133 Å². The molecule has 0 amide bonds. The molecule has 8 aromatic rings. The predicted molar refractivity (Wildman–Crippen MR) is 260 cm³/mol. The van der Waals surface area contributed by atoms with Gasteiger partial charge in [0.2, 0.25) is 0 Å². The van der Waals surface area contributed by atoms with Crippen molar-refractivity contribution < 1.29 is 0 Å². The standard InChI is InChI=1S/C62H51N/c1-60(2)52-20-8-3-18-49(52)51-19-13-25-58(59(51)60)63(57-24-12-7-14-45(57)42-26-28-43(29-27-42)61-36-39-32-40(37-61)34-41(33-39)38-61)44-30-31-50-48-17-6-11-23-55(48)62(56(50)35-44)53-21-9-4-15-46(53)47-16-5-10-22-54(47)62/h3-31,35,39-41H,32-34,36-38H2,1-2H3. The fraction of sp³-hybridized carbons (Fsp3) is 0.226. The summed E-state index contributed by atoms with van der Waals surface area (Å²) in [5.41, 5.74) is 23.7. The van der Waals surface area contributed by atoms with Crippen molar-refractivity contribution in [1.82, 2.24) is 0 Å². The maximum atomic E-state index is 2.62. The van der Waals surface area contributed by atoms with E-state index in [4.69, 9.17) is 0 Å². The molecule has 0 N–H and O–H groups in total. The van der Waals surface area contributed by atoms with Crippen molar-refractivity contribution in [3.05, 3.63) is 221 Å². The average molecular weight is 810 g/mol. The molecule has 0 aliphatic heterocycles. The molecule has 0 saturated heterocycles. The van der Waals surface area contributed by atoms with Crippen LogP contribution in [0.3, 0.4) is 0 Å². The molecule has 0 radical (unpaired) electrons. The molecular formula is C62H51N. The molecule has 63 heavy (non-hydrogen) atoms. The zero-order valence-electron chi connectivity index (χ0n) is 36.2. The zero-order valence-corrected chi connectivity index (χ0v) is 36.2. The van der Waals surface area contributed by atoms with Crippen LogP contribution in [0.4, 0.5) is 17.1 Å². The van der Waals surface area contributed by atoms with E-state index in [0.29, 0.717) is 5.41 Å². The number of anilines is 3. The predicted octanol–water partition coefficient (Wildman–Crippen LogP) is 15.9. The minimum atomic E-state index is -0.429. The van der Waals surface area contributed by atoms with Crippen molar-refractivity contribution >= 4 is 17.1 Å². The van der Waals surface area contributed by atoms with Crippen LogP contribution < -0.4 is 4.90 Å². The Labute approximate surface area is 372 Å². The monoisotopic (exact) mass is 809 g/mol. The normalized spacial score (nSPS) is 22.9. The van der Waals surface area contributed by atoms with Crippen molar-refractivity contribution in [2.75, 3.05) is 4.90 Å². The fourth-order valence-electron chi connectivity index (χ4n) is 15.0. The van der Waals surface area contributed by atoms with Gasteiger partial charge in [0, 0.05) is 16.7 Å². The molecule has 15 rings (SSSR count). The van der Waals surface area contributed by atoms with Crippen LogP contribution in [0.25, 0.3) is 44.5 Å². The molecule has 1 heteroatoms. The quantitative estimate of drug-likeness (QED) is 0.167. The van der Waals surface area contributed by atoms with Gasteiger partial charge < -0.3 is 4.90 Å². The first-order valence-electron chi connectivity index (χ1n) is 23.6. The first kappa shape index (κ1) is 36.1. The minimum Gasteiger partial charge on any atom is -0.310 e. The molecule has 304 valence electrons. The van der Waals surface area contributed by atoms with Gasteiger partial charge in [-0.2, -0.15) is 0 Å². The molecule has 7 aliphatic carbocycles. The highest BCUT2D eigenvalue weighted by Gasteiger charge is 2.53. The lowest BCUT2D eigenvalue weighted by Gasteiger charge is -2.57. The summed E-state index contributed by atoms with van der Waals surface area (Å²) in [6.45, 7) is 4.85. The van der Waals surface area contributed by atoms with Crippen LogP contribution in [0, 0.1) is 17.8 Å². The molecule has 4 bridgehead atoms. The Morgan fingerprint density at radius 3 is 1.44 bits per heavy atom. The summed E-state index contributed by atoms with van der Waals surface area (Å²) in [5, 5.41) is 0. The summed E-state index contributed by atoms with van der Waals surface area (Å²) in [6, 6.07) is 70.2. The number of fused-ring (bicyclic) bond motifs is 13. The van der Waals surface area contributed by atoms with Gasteiger partial charge in [0.25, 0.3) is 0 Å². The Morgan fingerprint density at radius 1 is 0.397 bits per heavy atom. The topological polar surface area (TPSA) is 3.24 Å². The van der Waals surface area contributed by atoms with Crippen LogP contribution >= 0.6 is 0 Å². The Balaban J connectivity index is 0.997. The first-order chi connectivity index (χ1) is 30.9. The largest absolute Gasteiger partial charge is 0.310 e. The summed E-state index contributed by atoms with van der Waals surface area (Å²) in [7, 11) is 0. The minimum absolute atomic E-state index is 0.202. The fourth-order valence-corrected chi connectivity index (χ4v) is 15.0. The van der Waals surface area contributed by atoms with Crippen molar-refractivity contribution in [3.8, 4) is 44.5 Å². The molecule has 1 nitrogen and oxygen atoms in total. The van der Waals surface area contributed by atoms with E-state index in [9.17, 15) is 0 Å². The maximum Gasteiger partial charge on any atom is 0.0726 e. The molecule has 0 atom stereocenters. The number of hydrogen-bond donors (Lipinski definition) is 0. The maximum absolute atomic E-state index is 2.62. The van der Waals surface area contributed by atoms with Crippen LogP contribution in [0.15, 0.2) is 182 Å². The highest BCUT2D eigenvalue weighted by molar-refractivity contribution is 5.98. The SMILES string of the molecule is CC1(C)c2ccccc2-c2cccc(N(c3ccc4c(c3)C3(c5ccccc5-c5ccccc53)c3ccccc3-4)c3ccccc3-c3ccc(C45CC6CC(CC(C6)C4)C5)cc3)c21. The van der Waals surface area contributed by atoms with Gasteiger partial charge in [0.15, 0.2) is 0 Å². The zero-order chi connectivity index (χ0) is 41.7. The summed E-state index contributed by atoms with van der Waals surface area (Å²) in [4.78, 5) is 2.62. The van der Waals surface area contributed by atoms with Crippen LogP contribution in [0.2, 0.25) is 0 Å². The summed E-state index contributed by atoms with van der Waals surface area (Å²) < 4.78 is 0. The molecule has 1 spiro atoms. The Morgan fingerprint density at radius 2 is 0.857 bits per heavy atom. The van der Waals surface area contributed by atoms with E-state index in [1.807, 2.05) is 0 Å². The third kappa shape index (κ3) is 4.78. The summed E-state index contributed by atoms with van der Waals surface area (Å²) in [5.74, 6) is 2.79. The Hall–Kier alpha value is -6.44. The number of rotatable bonds is 5. The Kier molecular flexibility index (Phi) is 7.35. The van der Waals surface area contributed by atoms with Crippen molar-refractivity contribution in [2.24, 2.45) is 17.8 Å². The van der Waals surface area contributed by atoms with Crippen LogP contribution in [-0.4, -0.2) is 0 Å². The second-order valence-corrected chi connectivity index (χ2v) is 20.6. The van der Waals surface area contributed by atoms with Gasteiger partial charge in [-0.25, -0.2) is 0 Å². The molecule has 4 fully saturated rings. The van der Waals surface area contributed by atoms with Gasteiger partial charge in [-0.05, 0) is 164 Å². The smallest absolute Gasteiger partial charge is 0.0726 e. The van der Waals surface area contributed by atoms with E-state index < -0.39 is 5.41 Å². The third-order valence-electron chi connectivity index (χ3n) is 17.0. The second-order valence-electron chi connectivity index (χ2n) is 20.6. The second kappa shape index (κ2) is 12.8. The number of nitrogens with zero attached hydrogens (tertiary/aromatic N) is 1. The van der Waals surface area contributed by atoms with Crippen LogP contribution in [0.1, 0.15) is 91.3 Å². The van der Waals surface area contributed by atoms with Gasteiger partial charge in [0.1, 0.15) is 0 Å². The Bertz CT molecular complexity index is 3100. The number of benzene rings is 8. The lowest BCUT2D eigenvalue weighted by molar-refractivity contribution is -0.00518. The van der Waals surface area contributed by atoms with E-state index in [2.05, 4.69) is 201 Å². The summed E-state index contributed by atoms with van der Waals surface area (Å²) >= 11 is 0. The molecule has 7 aliphatic rings. The van der Waals surface area contributed by atoms with Crippen LogP contribution in [-0.2, 0) is 16.2 Å². The van der Waals surface area contributed by atoms with Crippen molar-refractivity contribution in [2.45, 2.75) is 68.6 Å². The number of hydrogen-bond acceptors (Lipinski definition) is 1. The molecule has 0 aromatic heterocycles. The molecular weight excluding hydrogens is 759 g/mol. The van der Waals surface area contributed by atoms with Gasteiger partial charge in [0.05, 0.1) is 16.8 Å². The summed E-state index contributed by atoms with van der Waals surface area (Å²) in [6.07, 6.45) is 8.58. The van der Waals surface area contributed by atoms with Gasteiger partial charge >= 0.3 is 0 Å².